The van der Waals surface area contributed by atoms with E-state index in [9.17, 15) is 19.2 Å². The normalized spacial score (nSPS) is 10.9. The first-order valence-electron chi connectivity index (χ1n) is 12.8. The third-order valence-corrected chi connectivity index (χ3v) is 8.64. The first kappa shape index (κ1) is 29.2. The van der Waals surface area contributed by atoms with Crippen LogP contribution in [-0.4, -0.2) is 34.0 Å². The van der Waals surface area contributed by atoms with E-state index in [0.717, 1.165) is 27.0 Å². The van der Waals surface area contributed by atoms with Gasteiger partial charge in [0.15, 0.2) is 0 Å². The number of hydrogen-bond acceptors (Lipinski definition) is 9. The molecule has 1 amide bonds. The van der Waals surface area contributed by atoms with Gasteiger partial charge in [-0.3, -0.25) is 14.2 Å². The van der Waals surface area contributed by atoms with Crippen molar-refractivity contribution in [3.05, 3.63) is 103 Å². The van der Waals surface area contributed by atoms with Crippen molar-refractivity contribution in [1.29, 1.82) is 0 Å². The quantitative estimate of drug-likeness (QED) is 0.191. The number of nitrogens with one attached hydrogen (secondary N) is 1. The molecule has 0 atom stereocenters. The van der Waals surface area contributed by atoms with Crippen molar-refractivity contribution in [2.24, 2.45) is 0 Å². The second kappa shape index (κ2) is 12.7. The molecule has 3 heterocycles. The number of aromatic nitrogens is 2. The van der Waals surface area contributed by atoms with E-state index in [4.69, 9.17) is 21.1 Å². The number of amides is 1. The van der Waals surface area contributed by atoms with Crippen molar-refractivity contribution in [3.8, 4) is 11.1 Å². The summed E-state index contributed by atoms with van der Waals surface area (Å²) < 4.78 is 11.8. The lowest BCUT2D eigenvalue weighted by Gasteiger charge is -2.10. The van der Waals surface area contributed by atoms with Crippen LogP contribution in [0, 0.1) is 6.92 Å². The lowest BCUT2D eigenvalue weighted by molar-refractivity contribution is -0.116. The van der Waals surface area contributed by atoms with E-state index in [1.807, 2.05) is 30.3 Å². The van der Waals surface area contributed by atoms with Crippen LogP contribution < -0.4 is 10.9 Å². The molecule has 9 nitrogen and oxygen atoms in total. The Kier molecular flexibility index (Phi) is 8.81. The number of aryl methyl sites for hydroxylation is 1. The molecular formula is C30H24ClN3O6S2. The highest BCUT2D eigenvalue weighted by atomic mass is 35.5. The van der Waals surface area contributed by atoms with Crippen LogP contribution in [0.3, 0.4) is 0 Å². The summed E-state index contributed by atoms with van der Waals surface area (Å²) in [6, 6.07) is 16.2. The van der Waals surface area contributed by atoms with E-state index >= 15 is 0 Å². The smallest absolute Gasteiger partial charge is 0.349 e. The van der Waals surface area contributed by atoms with E-state index in [2.05, 4.69) is 10.3 Å². The van der Waals surface area contributed by atoms with Crippen molar-refractivity contribution in [2.75, 3.05) is 11.9 Å². The highest BCUT2D eigenvalue weighted by Gasteiger charge is 2.24. The first-order chi connectivity index (χ1) is 20.3. The van der Waals surface area contributed by atoms with E-state index in [-0.39, 0.29) is 35.6 Å². The van der Waals surface area contributed by atoms with Crippen LogP contribution in [0.5, 0.6) is 0 Å². The molecule has 0 radical (unpaired) electrons. The second-order valence-electron chi connectivity index (χ2n) is 9.10. The summed E-state index contributed by atoms with van der Waals surface area (Å²) in [5.74, 6) is -1.67. The molecule has 42 heavy (non-hydrogen) atoms. The number of halogens is 1. The van der Waals surface area contributed by atoms with E-state index in [1.54, 1.807) is 43.5 Å². The average molecular weight is 622 g/mol. The van der Waals surface area contributed by atoms with Crippen LogP contribution >= 0.6 is 34.3 Å². The highest BCUT2D eigenvalue weighted by Crippen LogP contribution is 2.37. The van der Waals surface area contributed by atoms with Gasteiger partial charge in [0, 0.05) is 16.0 Å². The average Bonchev–Trinajstić information content (AvgIpc) is 3.55. The molecular weight excluding hydrogens is 598 g/mol. The minimum absolute atomic E-state index is 0.0986. The number of carbonyl (C=O) groups is 3. The van der Waals surface area contributed by atoms with Gasteiger partial charge in [-0.25, -0.2) is 14.6 Å². The lowest BCUT2D eigenvalue weighted by Crippen LogP contribution is -2.28. The van der Waals surface area contributed by atoms with Gasteiger partial charge < -0.3 is 14.8 Å². The Morgan fingerprint density at radius 2 is 1.76 bits per heavy atom. The number of carbonyl (C=O) groups excluding carboxylic acids is 3. The number of nitrogens with zero attached hydrogens (tertiary/aromatic N) is 2. The fourth-order valence-corrected chi connectivity index (χ4v) is 6.41. The first-order valence-corrected chi connectivity index (χ1v) is 14.9. The van der Waals surface area contributed by atoms with Crippen molar-refractivity contribution in [1.82, 2.24) is 9.55 Å². The van der Waals surface area contributed by atoms with E-state index in [0.29, 0.717) is 26.0 Å². The predicted octanol–water partition coefficient (Wildman–Crippen LogP) is 6.32. The third kappa shape index (κ3) is 6.13. The van der Waals surface area contributed by atoms with Crippen molar-refractivity contribution < 1.29 is 23.9 Å². The summed E-state index contributed by atoms with van der Waals surface area (Å²) in [6.07, 6.45) is 1.26. The van der Waals surface area contributed by atoms with Gasteiger partial charge in [-0.2, -0.15) is 0 Å². The Bertz CT molecular complexity index is 1840. The summed E-state index contributed by atoms with van der Waals surface area (Å²) in [4.78, 5) is 57.0. The number of hydrogen-bond donors (Lipinski definition) is 1. The standard InChI is InChI=1S/C30H24ClN3O6S2/c1-3-39-29(37)24-21(19-9-11-20(31)12-10-19)15-41-27(24)33-22(35)13-34-16-32-26-23(28(34)36)17(2)25(42-26)30(38)40-14-18-7-5-4-6-8-18/h4-12,15-16H,3,13-14H2,1-2H3,(H,33,35). The molecule has 5 rings (SSSR count). The van der Waals surface area contributed by atoms with Crippen LogP contribution in [0.25, 0.3) is 21.3 Å². The Balaban J connectivity index is 1.36. The molecule has 0 unspecified atom stereocenters. The summed E-state index contributed by atoms with van der Waals surface area (Å²) in [5, 5.41) is 5.57. The van der Waals surface area contributed by atoms with Crippen LogP contribution in [0.1, 0.15) is 38.1 Å². The molecule has 5 aromatic rings. The van der Waals surface area contributed by atoms with Crippen LogP contribution in [0.2, 0.25) is 5.02 Å². The van der Waals surface area contributed by atoms with Gasteiger partial charge in [-0.05, 0) is 42.7 Å². The molecule has 0 aliphatic heterocycles. The molecule has 0 spiro atoms. The number of benzene rings is 2. The molecule has 2 aromatic carbocycles. The largest absolute Gasteiger partial charge is 0.462 e. The molecule has 1 N–H and O–H groups in total. The Hall–Kier alpha value is -4.32. The van der Waals surface area contributed by atoms with Crippen LogP contribution in [-0.2, 0) is 27.4 Å². The van der Waals surface area contributed by atoms with E-state index in [1.165, 1.54) is 17.7 Å². The SMILES string of the molecule is CCOC(=O)c1c(-c2ccc(Cl)cc2)csc1NC(=O)Cn1cnc2sc(C(=O)OCc3ccccc3)c(C)c2c1=O. The number of rotatable bonds is 9. The van der Waals surface area contributed by atoms with Gasteiger partial charge in [0.25, 0.3) is 5.56 Å². The Morgan fingerprint density at radius 3 is 2.48 bits per heavy atom. The maximum absolute atomic E-state index is 13.3. The van der Waals surface area contributed by atoms with Crippen molar-refractivity contribution in [3.63, 3.8) is 0 Å². The summed E-state index contributed by atoms with van der Waals surface area (Å²) in [5.41, 5.74) is 2.35. The zero-order valence-corrected chi connectivity index (χ0v) is 24.9. The molecule has 214 valence electrons. The molecule has 0 aliphatic rings. The summed E-state index contributed by atoms with van der Waals surface area (Å²) >= 11 is 8.25. The molecule has 0 saturated heterocycles. The fraction of sp³-hybridized carbons (Fsp3) is 0.167. The molecule has 3 aromatic heterocycles. The number of ether oxygens (including phenoxy) is 2. The maximum atomic E-state index is 13.3. The lowest BCUT2D eigenvalue weighted by atomic mass is 10.0. The topological polar surface area (TPSA) is 117 Å². The van der Waals surface area contributed by atoms with Gasteiger partial charge in [0.1, 0.15) is 33.4 Å². The van der Waals surface area contributed by atoms with Gasteiger partial charge in [-0.1, -0.05) is 54.1 Å². The van der Waals surface area contributed by atoms with Gasteiger partial charge in [-0.15, -0.1) is 22.7 Å². The number of fused-ring (bicyclic) bond motifs is 1. The van der Waals surface area contributed by atoms with Crippen molar-refractivity contribution >= 4 is 67.3 Å². The van der Waals surface area contributed by atoms with Crippen LogP contribution in [0.4, 0.5) is 5.00 Å². The second-order valence-corrected chi connectivity index (χ2v) is 11.4. The molecule has 0 saturated carbocycles. The zero-order chi connectivity index (χ0) is 29.8. The fourth-order valence-electron chi connectivity index (χ4n) is 4.27. The van der Waals surface area contributed by atoms with Gasteiger partial charge >= 0.3 is 11.9 Å². The van der Waals surface area contributed by atoms with Crippen molar-refractivity contribution in [2.45, 2.75) is 27.0 Å². The highest BCUT2D eigenvalue weighted by molar-refractivity contribution is 7.20. The molecule has 0 bridgehead atoms. The number of anilines is 1. The Morgan fingerprint density at radius 1 is 1.02 bits per heavy atom. The zero-order valence-electron chi connectivity index (χ0n) is 22.5. The minimum atomic E-state index is -0.583. The predicted molar refractivity (Wildman–Crippen MR) is 164 cm³/mol. The van der Waals surface area contributed by atoms with Gasteiger partial charge in [0.05, 0.1) is 18.3 Å². The maximum Gasteiger partial charge on any atom is 0.349 e. The van der Waals surface area contributed by atoms with Gasteiger partial charge in [0.2, 0.25) is 5.91 Å². The summed E-state index contributed by atoms with van der Waals surface area (Å²) in [7, 11) is 0. The molecule has 0 fully saturated rings. The molecule has 12 heteroatoms. The Labute approximate surface area is 253 Å². The molecule has 0 aliphatic carbocycles. The van der Waals surface area contributed by atoms with E-state index < -0.39 is 23.4 Å². The number of thiophene rings is 2. The van der Waals surface area contributed by atoms with Crippen LogP contribution in [0.15, 0.2) is 71.1 Å². The minimum Gasteiger partial charge on any atom is -0.462 e. The third-order valence-electron chi connectivity index (χ3n) is 6.31. The monoisotopic (exact) mass is 621 g/mol. The number of esters is 2. The summed E-state index contributed by atoms with van der Waals surface area (Å²) in [6.45, 7) is 3.25.